The van der Waals surface area contributed by atoms with Gasteiger partial charge in [-0.25, -0.2) is 0 Å². The van der Waals surface area contributed by atoms with Crippen LogP contribution in [0, 0.1) is 10.1 Å². The fourth-order valence-corrected chi connectivity index (χ4v) is 1.43. The van der Waals surface area contributed by atoms with E-state index in [1.165, 1.54) is 31.4 Å². The number of rotatable bonds is 5. The number of methoxy groups -OCH3 is 1. The maximum Gasteiger partial charge on any atom is 0.307 e. The van der Waals surface area contributed by atoms with E-state index in [0.29, 0.717) is 5.56 Å². The number of hydrogen-bond donors (Lipinski definition) is 1. The van der Waals surface area contributed by atoms with E-state index >= 15 is 0 Å². The molecule has 7 heteroatoms. The third kappa shape index (κ3) is 4.38. The van der Waals surface area contributed by atoms with Gasteiger partial charge in [0.05, 0.1) is 18.5 Å². The van der Waals surface area contributed by atoms with Gasteiger partial charge in [-0.3, -0.25) is 19.7 Å². The quantitative estimate of drug-likeness (QED) is 0.491. The molecule has 0 heterocycles. The zero-order valence-corrected chi connectivity index (χ0v) is 10.6. The van der Waals surface area contributed by atoms with Crippen molar-refractivity contribution in [3.8, 4) is 0 Å². The maximum absolute atomic E-state index is 11.8. The lowest BCUT2D eigenvalue weighted by Gasteiger charge is -2.12. The molecule has 0 fully saturated rings. The van der Waals surface area contributed by atoms with Crippen molar-refractivity contribution in [1.82, 2.24) is 5.32 Å². The van der Waals surface area contributed by atoms with Crippen LogP contribution in [0.4, 0.5) is 5.69 Å². The molecule has 0 aromatic heterocycles. The van der Waals surface area contributed by atoms with Crippen LogP contribution in [0.25, 0.3) is 0 Å². The fraction of sp³-hybridized carbons (Fsp3) is 0.333. The molecule has 102 valence electrons. The number of non-ortho nitro benzene ring substituents is 1. The molecule has 7 nitrogen and oxygen atoms in total. The van der Waals surface area contributed by atoms with E-state index in [0.717, 1.165) is 0 Å². The number of benzene rings is 1. The Morgan fingerprint density at radius 2 is 1.95 bits per heavy atom. The van der Waals surface area contributed by atoms with Gasteiger partial charge in [0.25, 0.3) is 11.6 Å². The van der Waals surface area contributed by atoms with Crippen LogP contribution in [0.2, 0.25) is 0 Å². The van der Waals surface area contributed by atoms with Crippen molar-refractivity contribution in [1.29, 1.82) is 0 Å². The van der Waals surface area contributed by atoms with Crippen molar-refractivity contribution in [2.75, 3.05) is 7.11 Å². The first kappa shape index (κ1) is 14.6. The first-order valence-corrected chi connectivity index (χ1v) is 5.56. The smallest absolute Gasteiger partial charge is 0.307 e. The van der Waals surface area contributed by atoms with Crippen LogP contribution in [-0.2, 0) is 9.53 Å². The number of carbonyl (C=O) groups is 2. The molecule has 19 heavy (non-hydrogen) atoms. The Morgan fingerprint density at radius 1 is 1.37 bits per heavy atom. The number of nitrogens with one attached hydrogen (secondary N) is 1. The molecule has 0 aliphatic heterocycles. The molecule has 0 bridgehead atoms. The molecule has 1 unspecified atom stereocenters. The highest BCUT2D eigenvalue weighted by atomic mass is 16.6. The van der Waals surface area contributed by atoms with Crippen LogP contribution in [0.5, 0.6) is 0 Å². The summed E-state index contributed by atoms with van der Waals surface area (Å²) in [5.74, 6) is -0.817. The van der Waals surface area contributed by atoms with E-state index in [4.69, 9.17) is 0 Å². The highest BCUT2D eigenvalue weighted by Gasteiger charge is 2.14. The normalized spacial score (nSPS) is 11.5. The highest BCUT2D eigenvalue weighted by molar-refractivity contribution is 5.94. The van der Waals surface area contributed by atoms with Gasteiger partial charge in [0.15, 0.2) is 0 Å². The zero-order valence-electron chi connectivity index (χ0n) is 10.6. The Hall–Kier alpha value is -2.44. The predicted octanol–water partition coefficient (Wildman–Crippen LogP) is 1.28. The van der Waals surface area contributed by atoms with Crippen LogP contribution in [0.15, 0.2) is 24.3 Å². The highest BCUT2D eigenvalue weighted by Crippen LogP contribution is 2.12. The third-order valence-corrected chi connectivity index (χ3v) is 2.42. The minimum atomic E-state index is -0.540. The second-order valence-corrected chi connectivity index (χ2v) is 3.96. The van der Waals surface area contributed by atoms with E-state index in [9.17, 15) is 19.7 Å². The summed E-state index contributed by atoms with van der Waals surface area (Å²) in [5, 5.41) is 13.1. The molecular formula is C12H14N2O5. The molecular weight excluding hydrogens is 252 g/mol. The number of amides is 1. The molecule has 0 saturated heterocycles. The standard InChI is InChI=1S/C12H14N2O5/c1-8(7-11(15)19-2)13-12(16)9-3-5-10(6-4-9)14(17)18/h3-6,8H,7H2,1-2H3,(H,13,16). The van der Waals surface area contributed by atoms with Gasteiger partial charge >= 0.3 is 5.97 Å². The minimum absolute atomic E-state index is 0.0647. The van der Waals surface area contributed by atoms with E-state index in [1.807, 2.05) is 0 Å². The molecule has 1 amide bonds. The Bertz CT molecular complexity index is 483. The van der Waals surface area contributed by atoms with Gasteiger partial charge in [-0.15, -0.1) is 0 Å². The lowest BCUT2D eigenvalue weighted by Crippen LogP contribution is -2.34. The van der Waals surface area contributed by atoms with Crippen molar-refractivity contribution in [3.63, 3.8) is 0 Å². The monoisotopic (exact) mass is 266 g/mol. The number of nitrogens with zero attached hydrogens (tertiary/aromatic N) is 1. The summed E-state index contributed by atoms with van der Waals surface area (Å²) in [6.45, 7) is 1.67. The largest absolute Gasteiger partial charge is 0.469 e. The lowest BCUT2D eigenvalue weighted by atomic mass is 10.1. The number of ether oxygens (including phenoxy) is 1. The summed E-state index contributed by atoms with van der Waals surface area (Å²) in [5.41, 5.74) is 0.210. The Kier molecular flexibility index (Phi) is 4.99. The van der Waals surface area contributed by atoms with Gasteiger partial charge in [-0.2, -0.15) is 0 Å². The van der Waals surface area contributed by atoms with E-state index in [1.54, 1.807) is 6.92 Å². The average Bonchev–Trinajstić information content (AvgIpc) is 2.38. The van der Waals surface area contributed by atoms with Crippen LogP contribution in [0.1, 0.15) is 23.7 Å². The topological polar surface area (TPSA) is 98.5 Å². The van der Waals surface area contributed by atoms with Crippen molar-refractivity contribution in [2.45, 2.75) is 19.4 Å². The molecule has 0 aliphatic carbocycles. The Labute approximate surface area is 109 Å². The van der Waals surface area contributed by atoms with Crippen molar-refractivity contribution < 1.29 is 19.2 Å². The number of nitro groups is 1. The molecule has 0 saturated carbocycles. The number of carbonyl (C=O) groups excluding carboxylic acids is 2. The second-order valence-electron chi connectivity index (χ2n) is 3.96. The van der Waals surface area contributed by atoms with Crippen LogP contribution in [0.3, 0.4) is 0 Å². The first-order valence-electron chi connectivity index (χ1n) is 5.56. The molecule has 0 radical (unpaired) electrons. The van der Waals surface area contributed by atoms with Gasteiger partial charge in [0, 0.05) is 23.7 Å². The Morgan fingerprint density at radius 3 is 2.42 bits per heavy atom. The lowest BCUT2D eigenvalue weighted by molar-refractivity contribution is -0.384. The summed E-state index contributed by atoms with van der Waals surface area (Å²) in [6, 6.07) is 4.84. The molecule has 1 N–H and O–H groups in total. The number of nitro benzene ring substituents is 1. The predicted molar refractivity (Wildman–Crippen MR) is 66.7 cm³/mol. The van der Waals surface area contributed by atoms with Gasteiger partial charge in [0.2, 0.25) is 0 Å². The van der Waals surface area contributed by atoms with E-state index < -0.39 is 16.8 Å². The fourth-order valence-electron chi connectivity index (χ4n) is 1.43. The summed E-state index contributed by atoms with van der Waals surface area (Å²) in [4.78, 5) is 32.7. The molecule has 1 atom stereocenters. The SMILES string of the molecule is COC(=O)CC(C)NC(=O)c1ccc([N+](=O)[O-])cc1. The van der Waals surface area contributed by atoms with Gasteiger partial charge in [0.1, 0.15) is 0 Å². The van der Waals surface area contributed by atoms with Crippen molar-refractivity contribution >= 4 is 17.6 Å². The summed E-state index contributed by atoms with van der Waals surface area (Å²) < 4.78 is 4.49. The Balaban J connectivity index is 2.63. The van der Waals surface area contributed by atoms with Crippen molar-refractivity contribution in [3.05, 3.63) is 39.9 Å². The third-order valence-electron chi connectivity index (χ3n) is 2.42. The molecule has 1 aromatic rings. The average molecular weight is 266 g/mol. The zero-order chi connectivity index (χ0) is 14.4. The molecule has 0 aliphatic rings. The molecule has 1 rings (SSSR count). The maximum atomic E-state index is 11.8. The number of hydrogen-bond acceptors (Lipinski definition) is 5. The van der Waals surface area contributed by atoms with Crippen LogP contribution in [-0.4, -0.2) is 30.0 Å². The van der Waals surface area contributed by atoms with E-state index in [-0.39, 0.29) is 18.2 Å². The van der Waals surface area contributed by atoms with Crippen molar-refractivity contribution in [2.24, 2.45) is 0 Å². The van der Waals surface area contributed by atoms with E-state index in [2.05, 4.69) is 10.1 Å². The molecule has 0 spiro atoms. The summed E-state index contributed by atoms with van der Waals surface area (Å²) in [7, 11) is 1.27. The van der Waals surface area contributed by atoms with Gasteiger partial charge in [-0.05, 0) is 19.1 Å². The van der Waals surface area contributed by atoms with Crippen LogP contribution >= 0.6 is 0 Å². The van der Waals surface area contributed by atoms with Gasteiger partial charge in [-0.1, -0.05) is 0 Å². The number of esters is 1. The second kappa shape index (κ2) is 6.48. The first-order chi connectivity index (χ1) is 8.93. The summed E-state index contributed by atoms with van der Waals surface area (Å²) in [6.07, 6.45) is 0.0647. The van der Waals surface area contributed by atoms with Crippen LogP contribution < -0.4 is 5.32 Å². The van der Waals surface area contributed by atoms with Gasteiger partial charge < -0.3 is 10.1 Å². The molecule has 1 aromatic carbocycles. The minimum Gasteiger partial charge on any atom is -0.469 e. The summed E-state index contributed by atoms with van der Waals surface area (Å²) >= 11 is 0.